The molecule has 11 heavy (non-hydrogen) atoms. The van der Waals surface area contributed by atoms with E-state index in [0.29, 0.717) is 11.3 Å². The van der Waals surface area contributed by atoms with E-state index in [0.717, 1.165) is 24.2 Å². The van der Waals surface area contributed by atoms with E-state index in [1.54, 1.807) is 0 Å². The Labute approximate surface area is 67.5 Å². The average Bonchev–Trinajstić information content (AvgIpc) is 2.04. The highest BCUT2D eigenvalue weighted by Gasteiger charge is 2.50. The summed E-state index contributed by atoms with van der Waals surface area (Å²) < 4.78 is 0. The van der Waals surface area contributed by atoms with Crippen molar-refractivity contribution < 1.29 is 4.79 Å². The van der Waals surface area contributed by atoms with E-state index in [9.17, 15) is 4.79 Å². The molecule has 2 atom stereocenters. The van der Waals surface area contributed by atoms with E-state index in [-0.39, 0.29) is 0 Å². The maximum atomic E-state index is 10.6. The minimum Gasteiger partial charge on any atom is -0.298 e. The van der Waals surface area contributed by atoms with E-state index in [2.05, 4.69) is 19.9 Å². The van der Waals surface area contributed by atoms with Gasteiger partial charge in [0.15, 0.2) is 0 Å². The Kier molecular flexibility index (Phi) is 1.26. The Morgan fingerprint density at radius 3 is 2.73 bits per heavy atom. The predicted octanol–water partition coefficient (Wildman–Crippen LogP) is 2.18. The van der Waals surface area contributed by atoms with E-state index in [1.807, 2.05) is 0 Å². The van der Waals surface area contributed by atoms with Crippen LogP contribution in [0.2, 0.25) is 0 Å². The summed E-state index contributed by atoms with van der Waals surface area (Å²) >= 11 is 0. The van der Waals surface area contributed by atoms with Crippen LogP contribution < -0.4 is 0 Å². The number of rotatable bonds is 1. The van der Waals surface area contributed by atoms with Crippen LogP contribution in [-0.2, 0) is 4.79 Å². The smallest absolute Gasteiger partial charge is 0.146 e. The van der Waals surface area contributed by atoms with E-state index < -0.39 is 0 Å². The van der Waals surface area contributed by atoms with Gasteiger partial charge in [-0.15, -0.1) is 0 Å². The molecule has 0 saturated heterocycles. The molecule has 2 bridgehead atoms. The lowest BCUT2D eigenvalue weighted by atomic mass is 9.49. The van der Waals surface area contributed by atoms with Crippen LogP contribution >= 0.6 is 0 Å². The monoisotopic (exact) mass is 150 g/mol. The summed E-state index contributed by atoms with van der Waals surface area (Å²) in [5, 5.41) is 0. The van der Waals surface area contributed by atoms with Gasteiger partial charge in [0.05, 0.1) is 0 Å². The minimum atomic E-state index is 0.408. The van der Waals surface area contributed by atoms with Crippen LogP contribution in [0.3, 0.4) is 0 Å². The van der Waals surface area contributed by atoms with Gasteiger partial charge in [-0.2, -0.15) is 0 Å². The molecule has 0 amide bonds. The standard InChI is InChI=1S/C10H14O/c1-10(2)8-4-3-7(6-11)9(10)5-8/h3,6,8-9H,4-5H2,1-2H3/t8?,9-/m0/s1. The topological polar surface area (TPSA) is 17.1 Å². The Balaban J connectivity index is 2.30. The van der Waals surface area contributed by atoms with Gasteiger partial charge in [-0.3, -0.25) is 4.79 Å². The van der Waals surface area contributed by atoms with Gasteiger partial charge in [0.25, 0.3) is 0 Å². The first-order chi connectivity index (χ1) is 5.16. The van der Waals surface area contributed by atoms with Crippen LogP contribution in [0.4, 0.5) is 0 Å². The zero-order valence-corrected chi connectivity index (χ0v) is 7.13. The first-order valence-corrected chi connectivity index (χ1v) is 4.31. The first kappa shape index (κ1) is 7.08. The third-order valence-electron chi connectivity index (χ3n) is 3.65. The van der Waals surface area contributed by atoms with Gasteiger partial charge in [0, 0.05) is 0 Å². The second-order valence-corrected chi connectivity index (χ2v) is 4.36. The number of carbonyl (C=O) groups is 1. The van der Waals surface area contributed by atoms with Crippen molar-refractivity contribution in [1.29, 1.82) is 0 Å². The molecular formula is C10H14O. The van der Waals surface area contributed by atoms with Crippen LogP contribution in [-0.4, -0.2) is 6.29 Å². The van der Waals surface area contributed by atoms with Gasteiger partial charge < -0.3 is 0 Å². The summed E-state index contributed by atoms with van der Waals surface area (Å²) in [6, 6.07) is 0. The summed E-state index contributed by atoms with van der Waals surface area (Å²) in [5.74, 6) is 1.41. The highest BCUT2D eigenvalue weighted by atomic mass is 16.1. The van der Waals surface area contributed by atoms with Crippen molar-refractivity contribution >= 4 is 6.29 Å². The van der Waals surface area contributed by atoms with Gasteiger partial charge in [0.2, 0.25) is 0 Å². The second-order valence-electron chi connectivity index (χ2n) is 4.36. The second kappa shape index (κ2) is 1.96. The van der Waals surface area contributed by atoms with Gasteiger partial charge in [-0.05, 0) is 35.7 Å². The van der Waals surface area contributed by atoms with Crippen molar-refractivity contribution in [3.05, 3.63) is 11.6 Å². The molecule has 1 unspecified atom stereocenters. The Hall–Kier alpha value is -0.590. The van der Waals surface area contributed by atoms with Crippen LogP contribution in [0.1, 0.15) is 26.7 Å². The summed E-state index contributed by atoms with van der Waals surface area (Å²) in [7, 11) is 0. The molecule has 0 radical (unpaired) electrons. The highest BCUT2D eigenvalue weighted by Crippen LogP contribution is 2.58. The number of hydrogen-bond acceptors (Lipinski definition) is 1. The molecule has 1 fully saturated rings. The number of hydrogen-bond donors (Lipinski definition) is 0. The summed E-state index contributed by atoms with van der Waals surface area (Å²) in [6.45, 7) is 4.56. The molecule has 0 aliphatic heterocycles. The average molecular weight is 150 g/mol. The first-order valence-electron chi connectivity index (χ1n) is 4.31. The molecule has 60 valence electrons. The summed E-state index contributed by atoms with van der Waals surface area (Å²) in [5.41, 5.74) is 1.46. The molecule has 3 rings (SSSR count). The zero-order chi connectivity index (χ0) is 8.06. The molecule has 0 N–H and O–H groups in total. The Morgan fingerprint density at radius 2 is 2.36 bits per heavy atom. The lowest BCUT2D eigenvalue weighted by Gasteiger charge is -2.55. The fraction of sp³-hybridized carbons (Fsp3) is 0.700. The Morgan fingerprint density at radius 1 is 1.64 bits per heavy atom. The Bertz CT molecular complexity index is 225. The number of carbonyl (C=O) groups excluding carboxylic acids is 1. The largest absolute Gasteiger partial charge is 0.298 e. The number of allylic oxidation sites excluding steroid dienone is 2. The fourth-order valence-electron chi connectivity index (χ4n) is 2.53. The van der Waals surface area contributed by atoms with Crippen LogP contribution in [0.25, 0.3) is 0 Å². The van der Waals surface area contributed by atoms with E-state index in [4.69, 9.17) is 0 Å². The molecule has 0 spiro atoms. The quantitative estimate of drug-likeness (QED) is 0.523. The lowest BCUT2D eigenvalue weighted by Crippen LogP contribution is -2.48. The summed E-state index contributed by atoms with van der Waals surface area (Å²) in [4.78, 5) is 10.6. The summed E-state index contributed by atoms with van der Waals surface area (Å²) in [6.07, 6.45) is 5.54. The minimum absolute atomic E-state index is 0.408. The normalized spacial score (nSPS) is 38.9. The van der Waals surface area contributed by atoms with Crippen LogP contribution in [0, 0.1) is 17.3 Å². The molecule has 1 saturated carbocycles. The molecule has 1 nitrogen and oxygen atoms in total. The fourth-order valence-corrected chi connectivity index (χ4v) is 2.53. The van der Waals surface area contributed by atoms with Crippen molar-refractivity contribution in [3.63, 3.8) is 0 Å². The van der Waals surface area contributed by atoms with Gasteiger partial charge >= 0.3 is 0 Å². The van der Waals surface area contributed by atoms with Crippen molar-refractivity contribution in [2.45, 2.75) is 26.7 Å². The maximum absolute atomic E-state index is 10.6. The molecular weight excluding hydrogens is 136 g/mol. The van der Waals surface area contributed by atoms with Crippen LogP contribution in [0.15, 0.2) is 11.6 Å². The van der Waals surface area contributed by atoms with Crippen molar-refractivity contribution in [3.8, 4) is 0 Å². The van der Waals surface area contributed by atoms with Gasteiger partial charge in [0.1, 0.15) is 6.29 Å². The third kappa shape index (κ3) is 0.741. The lowest BCUT2D eigenvalue weighted by molar-refractivity contribution is -0.108. The SMILES string of the molecule is CC1(C)C2CC=C(C=O)[C@@H]1C2. The molecule has 0 aromatic heterocycles. The van der Waals surface area contributed by atoms with Crippen molar-refractivity contribution in [2.75, 3.05) is 0 Å². The predicted molar refractivity (Wildman–Crippen MR) is 44.1 cm³/mol. The van der Waals surface area contributed by atoms with Gasteiger partial charge in [-0.25, -0.2) is 0 Å². The molecule has 0 aromatic rings. The van der Waals surface area contributed by atoms with Gasteiger partial charge in [-0.1, -0.05) is 19.9 Å². The molecule has 3 aliphatic rings. The molecule has 3 aliphatic carbocycles. The molecule has 0 aromatic carbocycles. The molecule has 1 heteroatoms. The van der Waals surface area contributed by atoms with Crippen molar-refractivity contribution in [1.82, 2.24) is 0 Å². The zero-order valence-electron chi connectivity index (χ0n) is 7.13. The molecule has 0 heterocycles. The van der Waals surface area contributed by atoms with Crippen LogP contribution in [0.5, 0.6) is 0 Å². The number of fused-ring (bicyclic) bond motifs is 1. The van der Waals surface area contributed by atoms with Crippen molar-refractivity contribution in [2.24, 2.45) is 17.3 Å². The van der Waals surface area contributed by atoms with E-state index in [1.165, 1.54) is 6.42 Å². The maximum Gasteiger partial charge on any atom is 0.146 e. The number of aldehydes is 1. The third-order valence-corrected chi connectivity index (χ3v) is 3.65. The highest BCUT2D eigenvalue weighted by molar-refractivity contribution is 5.75. The van der Waals surface area contributed by atoms with E-state index >= 15 is 0 Å².